The van der Waals surface area contributed by atoms with Crippen molar-refractivity contribution in [3.05, 3.63) is 34.5 Å². The number of aryl methyl sites for hydroxylation is 2. The molecule has 2 aromatic rings. The van der Waals surface area contributed by atoms with Crippen LogP contribution in [0.5, 0.6) is 0 Å². The molecule has 2 rings (SSSR count). The first-order valence-corrected chi connectivity index (χ1v) is 6.22. The smallest absolute Gasteiger partial charge is 0.193 e. The van der Waals surface area contributed by atoms with E-state index < -0.39 is 0 Å². The summed E-state index contributed by atoms with van der Waals surface area (Å²) >= 11 is 4.75. The molecule has 0 radical (unpaired) electrons. The van der Waals surface area contributed by atoms with Crippen LogP contribution in [0.25, 0.3) is 0 Å². The van der Waals surface area contributed by atoms with Crippen LogP contribution in [-0.4, -0.2) is 19.9 Å². The van der Waals surface area contributed by atoms with Crippen molar-refractivity contribution in [3.63, 3.8) is 0 Å². The highest BCUT2D eigenvalue weighted by molar-refractivity contribution is 9.10. The maximum Gasteiger partial charge on any atom is 0.193 e. The monoisotopic (exact) mass is 296 g/mol. The fraction of sp³-hybridized carbons (Fsp3) is 0.200. The van der Waals surface area contributed by atoms with Gasteiger partial charge in [0.1, 0.15) is 15.5 Å². The molecule has 0 saturated carbocycles. The summed E-state index contributed by atoms with van der Waals surface area (Å²) in [5, 5.41) is 1.53. The highest BCUT2D eigenvalue weighted by Crippen LogP contribution is 2.24. The van der Waals surface area contributed by atoms with Gasteiger partial charge in [0, 0.05) is 18.5 Å². The van der Waals surface area contributed by atoms with Crippen LogP contribution in [0.15, 0.2) is 33.2 Å². The summed E-state index contributed by atoms with van der Waals surface area (Å²) in [7, 11) is 0. The molecule has 2 heterocycles. The molecule has 2 aromatic heterocycles. The minimum atomic E-state index is 0.690. The molecule has 0 aromatic carbocycles. The molecule has 6 heteroatoms. The Morgan fingerprint density at radius 1 is 1.12 bits per heavy atom. The van der Waals surface area contributed by atoms with E-state index in [0.717, 1.165) is 21.0 Å². The lowest BCUT2D eigenvalue weighted by Crippen LogP contribution is -1.92. The molecule has 0 N–H and O–H groups in total. The second kappa shape index (κ2) is 4.88. The first-order valence-electron chi connectivity index (χ1n) is 4.61. The lowest BCUT2D eigenvalue weighted by molar-refractivity contribution is 0.922. The molecule has 0 aliphatic heterocycles. The molecule has 0 fully saturated rings. The van der Waals surface area contributed by atoms with E-state index in [2.05, 4.69) is 35.9 Å². The maximum absolute atomic E-state index is 4.29. The van der Waals surface area contributed by atoms with Crippen LogP contribution >= 0.6 is 27.7 Å². The van der Waals surface area contributed by atoms with Crippen LogP contribution in [0.1, 0.15) is 11.4 Å². The van der Waals surface area contributed by atoms with Gasteiger partial charge in [0.25, 0.3) is 0 Å². The summed E-state index contributed by atoms with van der Waals surface area (Å²) < 4.78 is 0.773. The van der Waals surface area contributed by atoms with Crippen molar-refractivity contribution in [2.24, 2.45) is 0 Å². The van der Waals surface area contributed by atoms with Gasteiger partial charge in [0.15, 0.2) is 5.16 Å². The Hall–Kier alpha value is -1.01. The zero-order valence-electron chi connectivity index (χ0n) is 8.81. The van der Waals surface area contributed by atoms with Gasteiger partial charge in [-0.25, -0.2) is 19.9 Å². The molecule has 0 aliphatic carbocycles. The molecule has 16 heavy (non-hydrogen) atoms. The van der Waals surface area contributed by atoms with Gasteiger partial charge in [0.05, 0.1) is 0 Å². The summed E-state index contributed by atoms with van der Waals surface area (Å²) in [5.41, 5.74) is 1.05. The van der Waals surface area contributed by atoms with Crippen molar-refractivity contribution < 1.29 is 0 Å². The Bertz CT molecular complexity index is 480. The Balaban J connectivity index is 2.23. The zero-order chi connectivity index (χ0) is 11.5. The lowest BCUT2D eigenvalue weighted by Gasteiger charge is -2.01. The highest BCUT2D eigenvalue weighted by Gasteiger charge is 2.04. The molecular weight excluding hydrogens is 288 g/mol. The van der Waals surface area contributed by atoms with Crippen molar-refractivity contribution in [1.29, 1.82) is 0 Å². The number of rotatable bonds is 2. The molecule has 0 unspecified atom stereocenters. The van der Waals surface area contributed by atoms with Gasteiger partial charge in [-0.3, -0.25) is 0 Å². The second-order valence-electron chi connectivity index (χ2n) is 3.22. The molecule has 82 valence electrons. The minimum Gasteiger partial charge on any atom is -0.231 e. The highest BCUT2D eigenvalue weighted by atomic mass is 79.9. The molecule has 0 spiro atoms. The Labute approximate surface area is 106 Å². The van der Waals surface area contributed by atoms with Gasteiger partial charge in [-0.1, -0.05) is 0 Å². The predicted octanol–water partition coefficient (Wildman–Crippen LogP) is 2.80. The van der Waals surface area contributed by atoms with Crippen LogP contribution in [0, 0.1) is 13.8 Å². The van der Waals surface area contributed by atoms with Crippen molar-refractivity contribution in [2.45, 2.75) is 24.0 Å². The normalized spacial score (nSPS) is 10.4. The number of aromatic nitrogens is 4. The van der Waals surface area contributed by atoms with Gasteiger partial charge in [-0.05, 0) is 47.1 Å². The lowest BCUT2D eigenvalue weighted by atomic mass is 10.4. The van der Waals surface area contributed by atoms with E-state index in [1.54, 1.807) is 12.4 Å². The molecule has 4 nitrogen and oxygen atoms in total. The fourth-order valence-electron chi connectivity index (χ4n) is 1.08. The van der Waals surface area contributed by atoms with Gasteiger partial charge in [-0.15, -0.1) is 0 Å². The van der Waals surface area contributed by atoms with Crippen molar-refractivity contribution in [3.8, 4) is 0 Å². The summed E-state index contributed by atoms with van der Waals surface area (Å²) in [6, 6.07) is 1.85. The van der Waals surface area contributed by atoms with E-state index in [1.165, 1.54) is 11.8 Å². The van der Waals surface area contributed by atoms with Crippen molar-refractivity contribution in [2.75, 3.05) is 0 Å². The first kappa shape index (κ1) is 11.5. The summed E-state index contributed by atoms with van der Waals surface area (Å²) in [6.45, 7) is 3.81. The van der Waals surface area contributed by atoms with E-state index in [1.807, 2.05) is 19.9 Å². The number of hydrogen-bond acceptors (Lipinski definition) is 5. The van der Waals surface area contributed by atoms with Crippen LogP contribution in [0.3, 0.4) is 0 Å². The molecule has 0 atom stereocenters. The summed E-state index contributed by atoms with van der Waals surface area (Å²) in [5.74, 6) is 0.726. The number of halogens is 1. The SMILES string of the molecule is Cc1cnc(Sc2cc(Br)nc(C)n2)nc1. The third-order valence-corrected chi connectivity index (χ3v) is 2.95. The zero-order valence-corrected chi connectivity index (χ0v) is 11.2. The quantitative estimate of drug-likeness (QED) is 0.630. The standard InChI is InChI=1S/C10H9BrN4S/c1-6-4-12-10(13-5-6)16-9-3-8(11)14-7(2)15-9/h3-5H,1-2H3. The first-order chi connectivity index (χ1) is 7.63. The topological polar surface area (TPSA) is 51.6 Å². The molecule has 0 bridgehead atoms. The Kier molecular flexibility index (Phi) is 3.50. The predicted molar refractivity (Wildman–Crippen MR) is 65.4 cm³/mol. The van der Waals surface area contributed by atoms with Crippen LogP contribution in [0.4, 0.5) is 0 Å². The van der Waals surface area contributed by atoms with Gasteiger partial charge >= 0.3 is 0 Å². The molecule has 0 amide bonds. The molecular formula is C10H9BrN4S. The van der Waals surface area contributed by atoms with E-state index in [4.69, 9.17) is 0 Å². The summed E-state index contributed by atoms with van der Waals surface area (Å²) in [6.07, 6.45) is 3.58. The number of hydrogen-bond donors (Lipinski definition) is 0. The average Bonchev–Trinajstić information content (AvgIpc) is 2.20. The van der Waals surface area contributed by atoms with E-state index in [-0.39, 0.29) is 0 Å². The van der Waals surface area contributed by atoms with E-state index in [9.17, 15) is 0 Å². The number of nitrogens with zero attached hydrogens (tertiary/aromatic N) is 4. The Morgan fingerprint density at radius 3 is 2.44 bits per heavy atom. The molecule has 0 saturated heterocycles. The van der Waals surface area contributed by atoms with E-state index in [0.29, 0.717) is 5.16 Å². The fourth-order valence-corrected chi connectivity index (χ4v) is 2.46. The third-order valence-electron chi connectivity index (χ3n) is 1.74. The molecule has 0 aliphatic rings. The largest absolute Gasteiger partial charge is 0.231 e. The van der Waals surface area contributed by atoms with Crippen molar-refractivity contribution in [1.82, 2.24) is 19.9 Å². The van der Waals surface area contributed by atoms with E-state index >= 15 is 0 Å². The maximum atomic E-state index is 4.29. The van der Waals surface area contributed by atoms with Crippen LogP contribution < -0.4 is 0 Å². The Morgan fingerprint density at radius 2 is 1.81 bits per heavy atom. The summed E-state index contributed by atoms with van der Waals surface area (Å²) in [4.78, 5) is 16.9. The average molecular weight is 297 g/mol. The van der Waals surface area contributed by atoms with Crippen LogP contribution in [-0.2, 0) is 0 Å². The third kappa shape index (κ3) is 2.99. The van der Waals surface area contributed by atoms with Crippen molar-refractivity contribution >= 4 is 27.7 Å². The minimum absolute atomic E-state index is 0.690. The second-order valence-corrected chi connectivity index (χ2v) is 5.02. The van der Waals surface area contributed by atoms with Gasteiger partial charge < -0.3 is 0 Å². The van der Waals surface area contributed by atoms with Gasteiger partial charge in [-0.2, -0.15) is 0 Å². The van der Waals surface area contributed by atoms with Crippen LogP contribution in [0.2, 0.25) is 0 Å². The van der Waals surface area contributed by atoms with Gasteiger partial charge in [0.2, 0.25) is 0 Å².